The third-order valence-electron chi connectivity index (χ3n) is 3.56. The van der Waals surface area contributed by atoms with Crippen LogP contribution >= 0.6 is 38.6 Å². The molecule has 2 heterocycles. The summed E-state index contributed by atoms with van der Waals surface area (Å²) in [6, 6.07) is 12.8. The van der Waals surface area contributed by atoms with E-state index < -0.39 is 0 Å². The van der Waals surface area contributed by atoms with Crippen LogP contribution in [0.15, 0.2) is 57.0 Å². The summed E-state index contributed by atoms with van der Waals surface area (Å²) in [6.07, 6.45) is 0. The highest BCUT2D eigenvalue weighted by atomic mass is 79.9. The van der Waals surface area contributed by atoms with E-state index in [-0.39, 0.29) is 11.8 Å². The van der Waals surface area contributed by atoms with Crippen molar-refractivity contribution in [2.75, 3.05) is 12.4 Å². The van der Waals surface area contributed by atoms with Crippen LogP contribution in [0.5, 0.6) is 0 Å². The van der Waals surface area contributed by atoms with E-state index in [0.717, 1.165) is 8.66 Å². The zero-order valence-electron chi connectivity index (χ0n) is 13.4. The van der Waals surface area contributed by atoms with Gasteiger partial charge in [-0.1, -0.05) is 12.1 Å². The van der Waals surface area contributed by atoms with Crippen molar-refractivity contribution < 1.29 is 9.59 Å². The van der Waals surface area contributed by atoms with E-state index in [1.54, 1.807) is 59.0 Å². The Labute approximate surface area is 162 Å². The highest BCUT2D eigenvalue weighted by molar-refractivity contribution is 9.11. The number of nitrogens with zero attached hydrogens (tertiary/aromatic N) is 1. The molecule has 2 amide bonds. The zero-order valence-corrected chi connectivity index (χ0v) is 16.6. The average molecular weight is 435 g/mol. The van der Waals surface area contributed by atoms with Crippen molar-refractivity contribution in [1.29, 1.82) is 0 Å². The van der Waals surface area contributed by atoms with Gasteiger partial charge >= 0.3 is 0 Å². The molecule has 0 spiro atoms. The summed E-state index contributed by atoms with van der Waals surface area (Å²) in [6.45, 7) is 0.516. The fourth-order valence-corrected chi connectivity index (χ4v) is 4.49. The maximum absolute atomic E-state index is 12.8. The molecular weight excluding hydrogens is 420 g/mol. The van der Waals surface area contributed by atoms with Gasteiger partial charge in [0.25, 0.3) is 11.8 Å². The van der Waals surface area contributed by atoms with Gasteiger partial charge in [0.15, 0.2) is 0 Å². The van der Waals surface area contributed by atoms with Crippen LogP contribution in [0.3, 0.4) is 0 Å². The van der Waals surface area contributed by atoms with E-state index in [1.807, 2.05) is 17.5 Å². The van der Waals surface area contributed by atoms with Crippen molar-refractivity contribution in [1.82, 2.24) is 4.90 Å². The zero-order chi connectivity index (χ0) is 17.8. The number of nitrogens with one attached hydrogen (secondary N) is 1. The van der Waals surface area contributed by atoms with Crippen molar-refractivity contribution >= 4 is 56.1 Å². The monoisotopic (exact) mass is 434 g/mol. The first-order chi connectivity index (χ1) is 12.0. The number of rotatable bonds is 5. The summed E-state index contributed by atoms with van der Waals surface area (Å²) in [5.41, 5.74) is 1.58. The van der Waals surface area contributed by atoms with E-state index >= 15 is 0 Å². The lowest BCUT2D eigenvalue weighted by Crippen LogP contribution is -2.27. The summed E-state index contributed by atoms with van der Waals surface area (Å²) >= 11 is 6.48. The van der Waals surface area contributed by atoms with Gasteiger partial charge in [-0.3, -0.25) is 9.59 Å². The van der Waals surface area contributed by atoms with Crippen molar-refractivity contribution in [3.8, 4) is 0 Å². The third kappa shape index (κ3) is 4.36. The molecule has 0 saturated heterocycles. The van der Waals surface area contributed by atoms with Gasteiger partial charge in [-0.05, 0) is 51.6 Å². The molecule has 1 N–H and O–H groups in total. The lowest BCUT2D eigenvalue weighted by Gasteiger charge is -2.18. The van der Waals surface area contributed by atoms with Crippen molar-refractivity contribution in [2.24, 2.45) is 0 Å². The first kappa shape index (κ1) is 17.8. The van der Waals surface area contributed by atoms with Crippen molar-refractivity contribution in [2.45, 2.75) is 6.54 Å². The van der Waals surface area contributed by atoms with Crippen LogP contribution < -0.4 is 5.32 Å². The lowest BCUT2D eigenvalue weighted by molar-refractivity contribution is 0.0787. The van der Waals surface area contributed by atoms with Gasteiger partial charge < -0.3 is 10.2 Å². The molecule has 0 radical (unpaired) electrons. The fraction of sp³-hybridized carbons (Fsp3) is 0.111. The number of thiophene rings is 2. The minimum atomic E-state index is -0.216. The Balaban J connectivity index is 1.77. The smallest absolute Gasteiger partial charge is 0.256 e. The average Bonchev–Trinajstić information content (AvgIpc) is 3.26. The van der Waals surface area contributed by atoms with E-state index in [0.29, 0.717) is 23.4 Å². The second-order valence-corrected chi connectivity index (χ2v) is 8.71. The Bertz CT molecular complexity index is 890. The standard InChI is InChI=1S/C18H15BrN2O2S2/c1-21(10-13-6-7-16(19)25-13)18(23)14-4-2-3-5-15(14)20-17(22)12-8-9-24-11-12/h2-9,11H,10H2,1H3,(H,20,22). The second kappa shape index (κ2) is 7.95. The summed E-state index contributed by atoms with van der Waals surface area (Å²) in [7, 11) is 1.76. The van der Waals surface area contributed by atoms with E-state index in [1.165, 1.54) is 11.3 Å². The molecule has 128 valence electrons. The van der Waals surface area contributed by atoms with Crippen molar-refractivity contribution in [3.05, 3.63) is 73.0 Å². The highest BCUT2D eigenvalue weighted by Crippen LogP contribution is 2.24. The predicted molar refractivity (Wildman–Crippen MR) is 107 cm³/mol. The molecule has 0 atom stereocenters. The Morgan fingerprint density at radius 2 is 1.96 bits per heavy atom. The molecule has 0 aliphatic heterocycles. The van der Waals surface area contributed by atoms with Crippen LogP contribution in [-0.2, 0) is 6.54 Å². The Morgan fingerprint density at radius 1 is 1.16 bits per heavy atom. The Morgan fingerprint density at radius 3 is 2.64 bits per heavy atom. The van der Waals surface area contributed by atoms with E-state index in [9.17, 15) is 9.59 Å². The molecule has 0 bridgehead atoms. The molecule has 0 fully saturated rings. The largest absolute Gasteiger partial charge is 0.336 e. The molecule has 7 heteroatoms. The SMILES string of the molecule is CN(Cc1ccc(Br)s1)C(=O)c1ccccc1NC(=O)c1ccsc1. The Kier molecular flexibility index (Phi) is 5.67. The quantitative estimate of drug-likeness (QED) is 0.607. The van der Waals surface area contributed by atoms with Gasteiger partial charge in [0.1, 0.15) is 0 Å². The third-order valence-corrected chi connectivity index (χ3v) is 5.85. The molecule has 0 unspecified atom stereocenters. The molecule has 0 saturated carbocycles. The number of amides is 2. The molecule has 0 aliphatic rings. The topological polar surface area (TPSA) is 49.4 Å². The predicted octanol–water partition coefficient (Wildman–Crippen LogP) is 5.10. The molecule has 1 aromatic carbocycles. The highest BCUT2D eigenvalue weighted by Gasteiger charge is 2.18. The fourth-order valence-electron chi connectivity index (χ4n) is 2.31. The first-order valence-corrected chi connectivity index (χ1v) is 10.0. The Hall–Kier alpha value is -1.96. The summed E-state index contributed by atoms with van der Waals surface area (Å²) in [5.74, 6) is -0.350. The number of hydrogen-bond donors (Lipinski definition) is 1. The maximum atomic E-state index is 12.8. The molecule has 25 heavy (non-hydrogen) atoms. The molecule has 3 rings (SSSR count). The van der Waals surface area contributed by atoms with Crippen LogP contribution in [-0.4, -0.2) is 23.8 Å². The summed E-state index contributed by atoms with van der Waals surface area (Å²) in [4.78, 5) is 27.8. The first-order valence-electron chi connectivity index (χ1n) is 7.47. The number of anilines is 1. The van der Waals surface area contributed by atoms with Gasteiger partial charge in [-0.15, -0.1) is 11.3 Å². The molecule has 0 aliphatic carbocycles. The second-order valence-electron chi connectivity index (χ2n) is 5.38. The molecule has 3 aromatic rings. The normalized spacial score (nSPS) is 10.5. The number of carbonyl (C=O) groups is 2. The lowest BCUT2D eigenvalue weighted by atomic mass is 10.1. The van der Waals surface area contributed by atoms with Crippen LogP contribution in [0.25, 0.3) is 0 Å². The van der Waals surface area contributed by atoms with E-state index in [4.69, 9.17) is 0 Å². The van der Waals surface area contributed by atoms with Gasteiger partial charge in [0, 0.05) is 17.3 Å². The summed E-state index contributed by atoms with van der Waals surface area (Å²) < 4.78 is 1.03. The van der Waals surface area contributed by atoms with Crippen LogP contribution in [0.4, 0.5) is 5.69 Å². The number of carbonyl (C=O) groups excluding carboxylic acids is 2. The van der Waals surface area contributed by atoms with E-state index in [2.05, 4.69) is 21.2 Å². The number of hydrogen-bond acceptors (Lipinski definition) is 4. The number of halogens is 1. The van der Waals surface area contributed by atoms with Gasteiger partial charge in [-0.2, -0.15) is 11.3 Å². The van der Waals surface area contributed by atoms with Gasteiger partial charge in [-0.25, -0.2) is 0 Å². The van der Waals surface area contributed by atoms with Crippen LogP contribution in [0.1, 0.15) is 25.6 Å². The van der Waals surface area contributed by atoms with Crippen LogP contribution in [0, 0.1) is 0 Å². The molecule has 4 nitrogen and oxygen atoms in total. The van der Waals surface area contributed by atoms with Gasteiger partial charge in [0.2, 0.25) is 0 Å². The number of benzene rings is 1. The minimum absolute atomic E-state index is 0.134. The molecular formula is C18H15BrN2O2S2. The minimum Gasteiger partial charge on any atom is -0.336 e. The van der Waals surface area contributed by atoms with Crippen LogP contribution in [0.2, 0.25) is 0 Å². The number of para-hydroxylation sites is 1. The maximum Gasteiger partial charge on any atom is 0.256 e. The summed E-state index contributed by atoms with van der Waals surface area (Å²) in [5, 5.41) is 6.46. The van der Waals surface area contributed by atoms with Gasteiger partial charge in [0.05, 0.1) is 27.1 Å². The molecule has 2 aromatic heterocycles. The van der Waals surface area contributed by atoms with Crippen molar-refractivity contribution in [3.63, 3.8) is 0 Å².